The van der Waals surface area contributed by atoms with Gasteiger partial charge in [-0.2, -0.15) is 0 Å². The number of rotatable bonds is 4. The molecule has 146 valence electrons. The third-order valence-electron chi connectivity index (χ3n) is 5.79. The number of benzene rings is 1. The van der Waals surface area contributed by atoms with E-state index >= 15 is 0 Å². The molecule has 6 nitrogen and oxygen atoms in total. The van der Waals surface area contributed by atoms with Crippen molar-refractivity contribution in [3.63, 3.8) is 0 Å². The summed E-state index contributed by atoms with van der Waals surface area (Å²) in [7, 11) is 0. The molecule has 0 aromatic heterocycles. The molecule has 3 aliphatic rings. The summed E-state index contributed by atoms with van der Waals surface area (Å²) in [6.07, 6.45) is 4.14. The highest BCUT2D eigenvalue weighted by molar-refractivity contribution is 5.85. The molecule has 0 spiro atoms. The van der Waals surface area contributed by atoms with Crippen LogP contribution in [0.1, 0.15) is 32.1 Å². The van der Waals surface area contributed by atoms with Crippen LogP contribution >= 0.6 is 0 Å². The lowest BCUT2D eigenvalue weighted by Gasteiger charge is -2.34. The number of hydrogen-bond acceptors (Lipinski definition) is 4. The Morgan fingerprint density at radius 1 is 1.11 bits per heavy atom. The Kier molecular flexibility index (Phi) is 5.29. The highest BCUT2D eigenvalue weighted by Crippen LogP contribution is 2.22. The van der Waals surface area contributed by atoms with E-state index in [2.05, 4.69) is 5.32 Å². The van der Waals surface area contributed by atoms with Crippen molar-refractivity contribution in [2.24, 2.45) is 0 Å². The minimum absolute atomic E-state index is 0.0151. The summed E-state index contributed by atoms with van der Waals surface area (Å²) in [6.45, 7) is 2.05. The normalized spacial score (nSPS) is 26.2. The molecule has 4 rings (SSSR count). The number of likely N-dealkylation sites (tertiary alicyclic amines) is 2. The lowest BCUT2D eigenvalue weighted by molar-refractivity contribution is -0.141. The maximum Gasteiger partial charge on any atom is 0.242 e. The van der Waals surface area contributed by atoms with E-state index in [1.807, 2.05) is 4.90 Å². The number of amides is 2. The van der Waals surface area contributed by atoms with Gasteiger partial charge in [0.05, 0.1) is 6.54 Å². The van der Waals surface area contributed by atoms with Gasteiger partial charge in [0.15, 0.2) is 0 Å². The first-order valence-electron chi connectivity index (χ1n) is 9.80. The first-order chi connectivity index (χ1) is 13.1. The number of fused-ring (bicyclic) bond motifs is 2. The van der Waals surface area contributed by atoms with E-state index in [1.165, 1.54) is 12.1 Å². The first-order valence-corrected chi connectivity index (χ1v) is 9.80. The highest BCUT2D eigenvalue weighted by Gasteiger charge is 2.35. The second-order valence-electron chi connectivity index (χ2n) is 7.77. The summed E-state index contributed by atoms with van der Waals surface area (Å²) in [6, 6.07) is 6.62. The SMILES string of the molecule is O=C(CN1C[C@@H]2CC[C@H](CC1=O)N2)N1CCC(Oc2ccc(F)cc2)CC1. The van der Waals surface area contributed by atoms with Crippen LogP contribution in [0, 0.1) is 5.82 Å². The van der Waals surface area contributed by atoms with Crippen molar-refractivity contribution in [3.05, 3.63) is 30.1 Å². The zero-order valence-corrected chi connectivity index (χ0v) is 15.4. The average molecular weight is 375 g/mol. The number of carbonyl (C=O) groups is 2. The summed E-state index contributed by atoms with van der Waals surface area (Å²) in [4.78, 5) is 28.6. The van der Waals surface area contributed by atoms with Crippen LogP contribution < -0.4 is 10.1 Å². The van der Waals surface area contributed by atoms with Crippen LogP contribution in [-0.4, -0.2) is 66.0 Å². The standard InChI is InChI=1S/C20H26FN3O3/c21-14-1-5-17(6-2-14)27-18-7-9-23(10-8-18)20(26)13-24-12-16-4-3-15(22-16)11-19(24)25/h1-2,5-6,15-16,18,22H,3-4,7-13H2/t15-,16+/m1/s1. The molecule has 2 amide bonds. The van der Waals surface area contributed by atoms with E-state index in [-0.39, 0.29) is 36.3 Å². The molecular formula is C20H26FN3O3. The molecule has 7 heteroatoms. The third-order valence-corrected chi connectivity index (χ3v) is 5.79. The Labute approximate surface area is 158 Å². The largest absolute Gasteiger partial charge is 0.490 e. The Balaban J connectivity index is 1.26. The van der Waals surface area contributed by atoms with Crippen LogP contribution in [0.4, 0.5) is 4.39 Å². The predicted molar refractivity (Wildman–Crippen MR) is 97.8 cm³/mol. The molecule has 2 atom stereocenters. The molecule has 3 fully saturated rings. The predicted octanol–water partition coefficient (Wildman–Crippen LogP) is 1.55. The molecule has 3 saturated heterocycles. The van der Waals surface area contributed by atoms with Gasteiger partial charge in [0.2, 0.25) is 11.8 Å². The number of nitrogens with zero attached hydrogens (tertiary/aromatic N) is 2. The van der Waals surface area contributed by atoms with Crippen LogP contribution in [0.5, 0.6) is 5.75 Å². The number of nitrogens with one attached hydrogen (secondary N) is 1. The number of halogens is 1. The van der Waals surface area contributed by atoms with E-state index in [0.29, 0.717) is 37.8 Å². The second kappa shape index (κ2) is 7.84. The minimum atomic E-state index is -0.283. The summed E-state index contributed by atoms with van der Waals surface area (Å²) in [5, 5.41) is 3.47. The molecule has 0 radical (unpaired) electrons. The Bertz CT molecular complexity index is 688. The fraction of sp³-hybridized carbons (Fsp3) is 0.600. The molecule has 0 aliphatic carbocycles. The number of ether oxygens (including phenoxy) is 1. The molecule has 3 aliphatic heterocycles. The molecule has 0 saturated carbocycles. The van der Waals surface area contributed by atoms with E-state index in [0.717, 1.165) is 25.7 Å². The highest BCUT2D eigenvalue weighted by atomic mass is 19.1. The van der Waals surface area contributed by atoms with Crippen molar-refractivity contribution >= 4 is 11.8 Å². The van der Waals surface area contributed by atoms with Gasteiger partial charge < -0.3 is 19.9 Å². The molecular weight excluding hydrogens is 349 g/mol. The molecule has 1 N–H and O–H groups in total. The van der Waals surface area contributed by atoms with Gasteiger partial charge in [-0.15, -0.1) is 0 Å². The smallest absolute Gasteiger partial charge is 0.242 e. The van der Waals surface area contributed by atoms with Gasteiger partial charge in [-0.25, -0.2) is 4.39 Å². The Hall–Kier alpha value is -2.15. The van der Waals surface area contributed by atoms with Crippen LogP contribution in [-0.2, 0) is 9.59 Å². The fourth-order valence-electron chi connectivity index (χ4n) is 4.26. The molecule has 27 heavy (non-hydrogen) atoms. The zero-order chi connectivity index (χ0) is 18.8. The average Bonchev–Trinajstić information content (AvgIpc) is 3.03. The third kappa shape index (κ3) is 4.40. The molecule has 0 unspecified atom stereocenters. The van der Waals surface area contributed by atoms with Gasteiger partial charge in [-0.3, -0.25) is 9.59 Å². The van der Waals surface area contributed by atoms with Gasteiger partial charge in [0.25, 0.3) is 0 Å². The Morgan fingerprint density at radius 3 is 2.56 bits per heavy atom. The van der Waals surface area contributed by atoms with Crippen LogP contribution in [0.2, 0.25) is 0 Å². The molecule has 1 aromatic rings. The summed E-state index contributed by atoms with van der Waals surface area (Å²) in [5.41, 5.74) is 0. The summed E-state index contributed by atoms with van der Waals surface area (Å²) < 4.78 is 18.8. The van der Waals surface area contributed by atoms with Crippen molar-refractivity contribution in [2.45, 2.75) is 50.3 Å². The monoisotopic (exact) mass is 375 g/mol. The topological polar surface area (TPSA) is 61.9 Å². The number of hydrogen-bond donors (Lipinski definition) is 1. The van der Waals surface area contributed by atoms with Crippen molar-refractivity contribution in [1.29, 1.82) is 0 Å². The lowest BCUT2D eigenvalue weighted by atomic mass is 10.1. The van der Waals surface area contributed by atoms with Crippen molar-refractivity contribution < 1.29 is 18.7 Å². The zero-order valence-electron chi connectivity index (χ0n) is 15.4. The summed E-state index contributed by atoms with van der Waals surface area (Å²) in [5.74, 6) is 0.465. The van der Waals surface area contributed by atoms with E-state index in [4.69, 9.17) is 4.74 Å². The molecule has 3 heterocycles. The lowest BCUT2D eigenvalue weighted by Crippen LogP contribution is -2.48. The molecule has 2 bridgehead atoms. The first kappa shape index (κ1) is 18.2. The van der Waals surface area contributed by atoms with Gasteiger partial charge in [-0.05, 0) is 37.1 Å². The van der Waals surface area contributed by atoms with E-state index < -0.39 is 0 Å². The van der Waals surface area contributed by atoms with Gasteiger partial charge in [0.1, 0.15) is 17.7 Å². The van der Waals surface area contributed by atoms with Crippen LogP contribution in [0.15, 0.2) is 24.3 Å². The van der Waals surface area contributed by atoms with E-state index in [1.54, 1.807) is 17.0 Å². The van der Waals surface area contributed by atoms with Gasteiger partial charge >= 0.3 is 0 Å². The van der Waals surface area contributed by atoms with E-state index in [9.17, 15) is 14.0 Å². The fourth-order valence-corrected chi connectivity index (χ4v) is 4.26. The van der Waals surface area contributed by atoms with Crippen LogP contribution in [0.3, 0.4) is 0 Å². The maximum absolute atomic E-state index is 13.0. The van der Waals surface area contributed by atoms with Gasteiger partial charge in [0, 0.05) is 51.0 Å². The summed E-state index contributed by atoms with van der Waals surface area (Å²) >= 11 is 0. The second-order valence-corrected chi connectivity index (χ2v) is 7.77. The van der Waals surface area contributed by atoms with Crippen molar-refractivity contribution in [2.75, 3.05) is 26.2 Å². The quantitative estimate of drug-likeness (QED) is 0.867. The molecule has 1 aromatic carbocycles. The minimum Gasteiger partial charge on any atom is -0.490 e. The Morgan fingerprint density at radius 2 is 1.81 bits per heavy atom. The van der Waals surface area contributed by atoms with Crippen molar-refractivity contribution in [1.82, 2.24) is 15.1 Å². The van der Waals surface area contributed by atoms with Gasteiger partial charge in [-0.1, -0.05) is 0 Å². The number of carbonyl (C=O) groups excluding carboxylic acids is 2. The van der Waals surface area contributed by atoms with Crippen LogP contribution in [0.25, 0.3) is 0 Å². The maximum atomic E-state index is 13.0. The van der Waals surface area contributed by atoms with Crippen molar-refractivity contribution in [3.8, 4) is 5.75 Å². The number of piperidine rings is 1.